The molecule has 2 saturated heterocycles. The topological polar surface area (TPSA) is 68.5 Å². The van der Waals surface area contributed by atoms with Crippen LogP contribution in [-0.2, 0) is 9.47 Å². The van der Waals surface area contributed by atoms with Crippen molar-refractivity contribution in [3.05, 3.63) is 17.5 Å². The Morgan fingerprint density at radius 1 is 1.43 bits per heavy atom. The molecule has 116 valence electrons. The van der Waals surface area contributed by atoms with Gasteiger partial charge in [-0.25, -0.2) is 0 Å². The molecule has 21 heavy (non-hydrogen) atoms. The number of nitrogens with zero attached hydrogens (tertiary/aromatic N) is 2. The maximum Gasteiger partial charge on any atom is 0.183 e. The fourth-order valence-electron chi connectivity index (χ4n) is 3.49. The van der Waals surface area contributed by atoms with E-state index in [9.17, 15) is 5.11 Å². The summed E-state index contributed by atoms with van der Waals surface area (Å²) in [6, 6.07) is 1.65. The van der Waals surface area contributed by atoms with Crippen LogP contribution in [0.3, 0.4) is 0 Å². The van der Waals surface area contributed by atoms with E-state index in [1.165, 1.54) is 12.8 Å². The first-order valence-electron chi connectivity index (χ1n) is 7.85. The number of rotatable bonds is 4. The molecule has 0 unspecified atom stereocenters. The van der Waals surface area contributed by atoms with Crippen LogP contribution in [0.5, 0.6) is 0 Å². The van der Waals surface area contributed by atoms with E-state index in [0.29, 0.717) is 6.61 Å². The highest BCUT2D eigenvalue weighted by Crippen LogP contribution is 2.37. The minimum atomic E-state index is -0.548. The molecule has 0 radical (unpaired) electrons. The van der Waals surface area contributed by atoms with Crippen molar-refractivity contribution in [1.82, 2.24) is 15.1 Å². The van der Waals surface area contributed by atoms with Gasteiger partial charge in [0.1, 0.15) is 12.1 Å². The van der Waals surface area contributed by atoms with Gasteiger partial charge in [-0.05, 0) is 45.2 Å². The third-order valence-corrected chi connectivity index (χ3v) is 4.80. The molecule has 0 spiro atoms. The minimum Gasteiger partial charge on any atom is -0.389 e. The molecule has 3 heterocycles. The van der Waals surface area contributed by atoms with E-state index in [2.05, 4.69) is 10.4 Å². The number of ether oxygens (including phenoxy) is 2. The van der Waals surface area contributed by atoms with Gasteiger partial charge in [-0.2, -0.15) is 5.10 Å². The van der Waals surface area contributed by atoms with Crippen molar-refractivity contribution in [3.63, 3.8) is 0 Å². The Labute approximate surface area is 124 Å². The van der Waals surface area contributed by atoms with Crippen LogP contribution in [0, 0.1) is 19.8 Å². The van der Waals surface area contributed by atoms with Crippen LogP contribution >= 0.6 is 0 Å². The number of aromatic nitrogens is 2. The lowest BCUT2D eigenvalue weighted by Gasteiger charge is -2.39. The summed E-state index contributed by atoms with van der Waals surface area (Å²) in [5, 5.41) is 18.8. The maximum absolute atomic E-state index is 10.8. The number of hydrogen-bond acceptors (Lipinski definition) is 5. The van der Waals surface area contributed by atoms with Crippen LogP contribution in [0.4, 0.5) is 0 Å². The summed E-state index contributed by atoms with van der Waals surface area (Å²) in [7, 11) is 0. The van der Waals surface area contributed by atoms with Crippen LogP contribution in [0.2, 0.25) is 0 Å². The molecule has 1 saturated carbocycles. The zero-order valence-electron chi connectivity index (χ0n) is 12.5. The van der Waals surface area contributed by atoms with Gasteiger partial charge in [0.15, 0.2) is 6.29 Å². The quantitative estimate of drug-likeness (QED) is 0.847. The molecule has 1 aromatic heterocycles. The van der Waals surface area contributed by atoms with Crippen molar-refractivity contribution >= 4 is 0 Å². The highest BCUT2D eigenvalue weighted by Gasteiger charge is 2.51. The van der Waals surface area contributed by atoms with Crippen molar-refractivity contribution in [2.24, 2.45) is 5.92 Å². The largest absolute Gasteiger partial charge is 0.389 e. The monoisotopic (exact) mass is 293 g/mol. The summed E-state index contributed by atoms with van der Waals surface area (Å²) in [5.41, 5.74) is 1.97. The van der Waals surface area contributed by atoms with E-state index in [4.69, 9.17) is 9.47 Å². The van der Waals surface area contributed by atoms with E-state index in [1.54, 1.807) is 0 Å². The van der Waals surface area contributed by atoms with Crippen molar-refractivity contribution in [1.29, 1.82) is 0 Å². The second-order valence-corrected chi connectivity index (χ2v) is 6.61. The van der Waals surface area contributed by atoms with Crippen molar-refractivity contribution in [2.75, 3.05) is 13.2 Å². The molecule has 6 nitrogen and oxygen atoms in total. The van der Waals surface area contributed by atoms with Gasteiger partial charge in [0.05, 0.1) is 24.4 Å². The first-order chi connectivity index (χ1) is 10.1. The second-order valence-electron chi connectivity index (χ2n) is 6.61. The Hall–Kier alpha value is -0.950. The number of nitrogens with one attached hydrogen (secondary N) is 1. The summed E-state index contributed by atoms with van der Waals surface area (Å²) in [6.45, 7) is 5.46. The molecule has 4 rings (SSSR count). The lowest BCUT2D eigenvalue weighted by molar-refractivity contribution is -0.168. The summed E-state index contributed by atoms with van der Waals surface area (Å²) >= 11 is 0. The third-order valence-electron chi connectivity index (χ3n) is 4.80. The Balaban J connectivity index is 1.58. The molecule has 1 aromatic rings. The zero-order chi connectivity index (χ0) is 14.6. The Morgan fingerprint density at radius 2 is 2.24 bits per heavy atom. The molecule has 5 atom stereocenters. The van der Waals surface area contributed by atoms with E-state index in [0.717, 1.165) is 23.9 Å². The van der Waals surface area contributed by atoms with E-state index in [-0.39, 0.29) is 18.2 Å². The number of hydrogen-bond donors (Lipinski definition) is 2. The third kappa shape index (κ3) is 2.40. The smallest absolute Gasteiger partial charge is 0.183 e. The molecule has 2 N–H and O–H groups in total. The molecule has 3 fully saturated rings. The number of aryl methyl sites for hydroxylation is 2. The average Bonchev–Trinajstić information content (AvgIpc) is 3.08. The Kier molecular flexibility index (Phi) is 3.29. The van der Waals surface area contributed by atoms with Crippen LogP contribution in [0.15, 0.2) is 6.07 Å². The zero-order valence-corrected chi connectivity index (χ0v) is 12.5. The first-order valence-corrected chi connectivity index (χ1v) is 7.85. The molecule has 0 aromatic carbocycles. The number of fused-ring (bicyclic) bond motifs is 2. The normalized spacial score (nSPS) is 38.9. The van der Waals surface area contributed by atoms with Crippen LogP contribution in [0.25, 0.3) is 0 Å². The lowest BCUT2D eigenvalue weighted by atomic mass is 9.96. The molecule has 2 bridgehead atoms. The minimum absolute atomic E-state index is 0.0584. The van der Waals surface area contributed by atoms with Crippen LogP contribution in [-0.4, -0.2) is 52.6 Å². The molecule has 2 aliphatic heterocycles. The van der Waals surface area contributed by atoms with E-state index < -0.39 is 12.4 Å². The first kappa shape index (κ1) is 13.7. The highest BCUT2D eigenvalue weighted by atomic mass is 16.7. The van der Waals surface area contributed by atoms with Crippen LogP contribution in [0.1, 0.15) is 30.3 Å². The van der Waals surface area contributed by atoms with Crippen molar-refractivity contribution < 1.29 is 14.6 Å². The Bertz CT molecular complexity index is 528. The predicted octanol–water partition coefficient (Wildman–Crippen LogP) is 0.525. The number of aliphatic hydroxyl groups excluding tert-OH is 1. The standard InChI is InChI=1S/C15H23N3O3/c1-8-5-9(2)18(17-8)13-14(19)12(16-6-10-3-4-10)11-7-20-15(13)21-11/h5,10-16,19H,3-4,6-7H2,1-2H3/t11-,12-,13-,14+,15-/m1/s1. The fourth-order valence-corrected chi connectivity index (χ4v) is 3.49. The molecule has 1 aliphatic carbocycles. The van der Waals surface area contributed by atoms with Gasteiger partial charge in [-0.1, -0.05) is 0 Å². The van der Waals surface area contributed by atoms with Gasteiger partial charge >= 0.3 is 0 Å². The summed E-state index contributed by atoms with van der Waals surface area (Å²) in [6.07, 6.45) is 1.58. The van der Waals surface area contributed by atoms with E-state index in [1.807, 2.05) is 24.6 Å². The molecule has 6 heteroatoms. The van der Waals surface area contributed by atoms with Gasteiger partial charge in [0.2, 0.25) is 0 Å². The van der Waals surface area contributed by atoms with Crippen molar-refractivity contribution in [2.45, 2.75) is 57.3 Å². The van der Waals surface area contributed by atoms with Crippen molar-refractivity contribution in [3.8, 4) is 0 Å². The number of aliphatic hydroxyl groups is 1. The molecule has 0 amide bonds. The highest BCUT2D eigenvalue weighted by molar-refractivity contribution is 5.11. The Morgan fingerprint density at radius 3 is 2.90 bits per heavy atom. The average molecular weight is 293 g/mol. The maximum atomic E-state index is 10.8. The summed E-state index contributed by atoms with van der Waals surface area (Å²) in [4.78, 5) is 0. The van der Waals surface area contributed by atoms with Gasteiger partial charge in [-0.3, -0.25) is 4.68 Å². The molecular weight excluding hydrogens is 270 g/mol. The predicted molar refractivity (Wildman–Crippen MR) is 75.9 cm³/mol. The summed E-state index contributed by atoms with van der Waals surface area (Å²) < 4.78 is 13.6. The molecule has 3 aliphatic rings. The van der Waals surface area contributed by atoms with Gasteiger partial charge in [0, 0.05) is 5.69 Å². The van der Waals surface area contributed by atoms with Gasteiger partial charge < -0.3 is 19.9 Å². The van der Waals surface area contributed by atoms with Crippen LogP contribution < -0.4 is 5.32 Å². The molecular formula is C15H23N3O3. The summed E-state index contributed by atoms with van der Waals surface area (Å²) in [5.74, 6) is 0.768. The second kappa shape index (κ2) is 5.05. The van der Waals surface area contributed by atoms with Gasteiger partial charge in [-0.15, -0.1) is 0 Å². The fraction of sp³-hybridized carbons (Fsp3) is 0.800. The SMILES string of the molecule is Cc1cc(C)n([C@H]2[C@@H]3OC[C@@H](O3)[C@@H](NCC3CC3)[C@@H]2O)n1. The van der Waals surface area contributed by atoms with Gasteiger partial charge in [0.25, 0.3) is 0 Å². The van der Waals surface area contributed by atoms with E-state index >= 15 is 0 Å². The lowest BCUT2D eigenvalue weighted by Crippen LogP contribution is -2.58.